The van der Waals surface area contributed by atoms with E-state index in [4.69, 9.17) is 56.8 Å². The maximum Gasteiger partial charge on any atom is 0.337 e. The van der Waals surface area contributed by atoms with E-state index in [1.807, 2.05) is 0 Å². The van der Waals surface area contributed by atoms with Gasteiger partial charge in [-0.3, -0.25) is 0 Å². The van der Waals surface area contributed by atoms with Crippen molar-refractivity contribution in [1.29, 1.82) is 0 Å². The summed E-state index contributed by atoms with van der Waals surface area (Å²) in [5.74, 6) is -4.11. The number of fused-ring (bicyclic) bond motifs is 2. The minimum atomic E-state index is -1.74. The molecule has 0 radical (unpaired) electrons. The van der Waals surface area contributed by atoms with Gasteiger partial charge >= 0.3 is 11.9 Å². The van der Waals surface area contributed by atoms with Crippen molar-refractivity contribution >= 4 is 11.9 Å². The number of methoxy groups -OCH3 is 3. The molecule has 0 aromatic carbocycles. The van der Waals surface area contributed by atoms with Crippen molar-refractivity contribution in [2.45, 2.75) is 125 Å². The zero-order valence-corrected chi connectivity index (χ0v) is 31.4. The van der Waals surface area contributed by atoms with E-state index in [1.165, 1.54) is 27.6 Å². The number of hydrogen-bond donors (Lipinski definition) is 7. The van der Waals surface area contributed by atoms with Crippen molar-refractivity contribution < 1.29 is 102 Å². The van der Waals surface area contributed by atoms with Crippen LogP contribution in [0.2, 0.25) is 0 Å². The predicted octanol–water partition coefficient (Wildman–Crippen LogP) is -3.15. The number of esters is 2. The first-order valence-electron chi connectivity index (χ1n) is 18.4. The molecule has 0 unspecified atom stereocenters. The Bertz CT molecular complexity index is 1430. The lowest BCUT2D eigenvalue weighted by molar-refractivity contribution is -0.383. The van der Waals surface area contributed by atoms with Crippen molar-refractivity contribution in [1.82, 2.24) is 0 Å². The summed E-state index contributed by atoms with van der Waals surface area (Å²) in [4.78, 5) is 25.7. The van der Waals surface area contributed by atoms with Gasteiger partial charge in [-0.05, 0) is 13.8 Å². The van der Waals surface area contributed by atoms with Gasteiger partial charge in [0.25, 0.3) is 0 Å². The Balaban J connectivity index is 1.23. The normalized spacial score (nSPS) is 46.5. The lowest BCUT2D eigenvalue weighted by Gasteiger charge is -2.50. The third-order valence-corrected chi connectivity index (χ3v) is 11.3. The topological polar surface area (TPSA) is 287 Å². The van der Waals surface area contributed by atoms with E-state index >= 15 is 0 Å². The van der Waals surface area contributed by atoms with Crippen molar-refractivity contribution in [3.8, 4) is 0 Å². The average molecular weight is 809 g/mol. The molecular formula is C35H52O21. The second-order valence-electron chi connectivity index (χ2n) is 14.5. The molecule has 0 saturated carbocycles. The van der Waals surface area contributed by atoms with Crippen LogP contribution in [0.5, 0.6) is 0 Å². The molecule has 4 fully saturated rings. The van der Waals surface area contributed by atoms with E-state index in [-0.39, 0.29) is 24.0 Å². The molecule has 0 spiro atoms. The second-order valence-corrected chi connectivity index (χ2v) is 14.5. The summed E-state index contributed by atoms with van der Waals surface area (Å²) in [6, 6.07) is 0. The highest BCUT2D eigenvalue weighted by atomic mass is 16.8. The summed E-state index contributed by atoms with van der Waals surface area (Å²) in [5.41, 5.74) is 0.300. The third kappa shape index (κ3) is 8.31. The molecule has 0 aromatic rings. The number of ether oxygens (including phenoxy) is 12. The molecule has 0 aromatic heterocycles. The molecule has 21 heteroatoms. The standard InChI is InChI=1S/C35H52O21/c1-12-22-14(6-20(45-3)50-12)16(30(43)46-4)10-49-33(22)56-35-29(27(41)25(39)19(9-37)53-35)54-21-7-15-17(31(44)47-5)11-48-32(23(15)13(2)51-21)55-34-28(42)26(40)24(38)18(8-36)52-34/h10-15,18-29,32-42H,6-9H2,1-5H3/t12-,13-,14+,15+,18+,19+,20-,21+,22+,23+,24+,25+,26-,27-,28+,29+,32-,33-,34-,35-/m0/s1. The quantitative estimate of drug-likeness (QED) is 0.102. The van der Waals surface area contributed by atoms with E-state index in [1.54, 1.807) is 13.8 Å². The molecule has 318 valence electrons. The largest absolute Gasteiger partial charge is 0.471 e. The second kappa shape index (κ2) is 18.1. The summed E-state index contributed by atoms with van der Waals surface area (Å²) in [5, 5.41) is 73.1. The van der Waals surface area contributed by atoms with Gasteiger partial charge in [0.1, 0.15) is 48.8 Å². The van der Waals surface area contributed by atoms with Crippen LogP contribution in [0.3, 0.4) is 0 Å². The van der Waals surface area contributed by atoms with Crippen molar-refractivity contribution in [2.75, 3.05) is 34.5 Å². The van der Waals surface area contributed by atoms with Gasteiger partial charge in [-0.1, -0.05) is 0 Å². The molecule has 21 nitrogen and oxygen atoms in total. The van der Waals surface area contributed by atoms with Crippen LogP contribution >= 0.6 is 0 Å². The van der Waals surface area contributed by atoms with Crippen molar-refractivity contribution in [3.05, 3.63) is 23.7 Å². The van der Waals surface area contributed by atoms with E-state index in [9.17, 15) is 45.3 Å². The number of carbonyl (C=O) groups excluding carboxylic acids is 2. The van der Waals surface area contributed by atoms with E-state index in [2.05, 4.69) is 0 Å². The Morgan fingerprint density at radius 2 is 1.07 bits per heavy atom. The van der Waals surface area contributed by atoms with Gasteiger partial charge in [0.2, 0.25) is 12.6 Å². The summed E-state index contributed by atoms with van der Waals surface area (Å²) in [6.07, 6.45) is -18.9. The van der Waals surface area contributed by atoms with Crippen LogP contribution in [0.4, 0.5) is 0 Å². The van der Waals surface area contributed by atoms with Crippen molar-refractivity contribution in [3.63, 3.8) is 0 Å². The van der Waals surface area contributed by atoms with Gasteiger partial charge in [-0.2, -0.15) is 0 Å². The molecule has 20 atom stereocenters. The molecule has 6 aliphatic rings. The molecule has 0 aliphatic carbocycles. The first-order valence-corrected chi connectivity index (χ1v) is 18.4. The van der Waals surface area contributed by atoms with Gasteiger partial charge in [-0.15, -0.1) is 0 Å². The molecular weight excluding hydrogens is 756 g/mol. The van der Waals surface area contributed by atoms with Crippen LogP contribution in [-0.2, 0) is 66.4 Å². The monoisotopic (exact) mass is 808 g/mol. The fraction of sp³-hybridized carbons (Fsp3) is 0.829. The van der Waals surface area contributed by atoms with Crippen LogP contribution in [0, 0.1) is 23.7 Å². The molecule has 0 bridgehead atoms. The molecule has 6 heterocycles. The summed E-state index contributed by atoms with van der Waals surface area (Å²) in [6.45, 7) is 1.98. The Labute approximate surface area is 321 Å². The molecule has 7 N–H and O–H groups in total. The Morgan fingerprint density at radius 1 is 0.607 bits per heavy atom. The molecule has 4 saturated heterocycles. The van der Waals surface area contributed by atoms with Crippen LogP contribution in [0.25, 0.3) is 0 Å². The number of carbonyl (C=O) groups is 2. The van der Waals surface area contributed by atoms with Crippen LogP contribution in [0.1, 0.15) is 26.7 Å². The van der Waals surface area contributed by atoms with E-state index < -0.39 is 148 Å². The Morgan fingerprint density at radius 3 is 1.57 bits per heavy atom. The average Bonchev–Trinajstić information content (AvgIpc) is 3.19. The maximum absolute atomic E-state index is 13.0. The minimum absolute atomic E-state index is 0.0685. The van der Waals surface area contributed by atoms with Crippen LogP contribution in [0.15, 0.2) is 23.7 Å². The first kappa shape index (κ1) is 43.0. The highest BCUT2D eigenvalue weighted by Gasteiger charge is 2.56. The fourth-order valence-corrected chi connectivity index (χ4v) is 8.33. The van der Waals surface area contributed by atoms with Gasteiger partial charge in [0.05, 0.1) is 75.1 Å². The number of hydrogen-bond acceptors (Lipinski definition) is 21. The van der Waals surface area contributed by atoms with Gasteiger partial charge in [0, 0.05) is 31.8 Å². The lowest BCUT2D eigenvalue weighted by atomic mass is 9.76. The smallest absolute Gasteiger partial charge is 0.337 e. The fourth-order valence-electron chi connectivity index (χ4n) is 8.33. The number of rotatable bonds is 11. The molecule has 0 amide bonds. The maximum atomic E-state index is 13.0. The van der Waals surface area contributed by atoms with Crippen LogP contribution in [-0.4, -0.2) is 181 Å². The lowest BCUT2D eigenvalue weighted by Crippen LogP contribution is -2.63. The van der Waals surface area contributed by atoms with Gasteiger partial charge in [0.15, 0.2) is 25.2 Å². The van der Waals surface area contributed by atoms with Crippen LogP contribution < -0.4 is 0 Å². The highest BCUT2D eigenvalue weighted by Crippen LogP contribution is 2.46. The summed E-state index contributed by atoms with van der Waals surface area (Å²) >= 11 is 0. The third-order valence-electron chi connectivity index (χ3n) is 11.3. The molecule has 56 heavy (non-hydrogen) atoms. The zero-order chi connectivity index (χ0) is 40.6. The Kier molecular flexibility index (Phi) is 13.9. The highest BCUT2D eigenvalue weighted by molar-refractivity contribution is 5.89. The van der Waals surface area contributed by atoms with E-state index in [0.717, 1.165) is 6.26 Å². The number of aliphatic hydroxyl groups excluding tert-OH is 7. The summed E-state index contributed by atoms with van der Waals surface area (Å²) in [7, 11) is 3.89. The SMILES string of the molecule is COC(=O)C1=CO[C@@H](O[C@@H]2O[C@H](CO)[C@@H](O)[C@H](O)[C@H]2O)[C@@H]2[C@H](C)O[C@H](O[C@H]3[C@H](O[C@@H]4OC=C(C(=O)OC)[C@H]5C[C@@H](OC)O[C@@H](C)[C@@H]45)O[C@H](CO)[C@@H](O)[C@@H]3O)C[C@H]12. The number of aliphatic hydroxyl groups is 7. The molecule has 6 aliphatic heterocycles. The minimum Gasteiger partial charge on any atom is -0.471 e. The van der Waals surface area contributed by atoms with Gasteiger partial charge in [-0.25, -0.2) is 9.59 Å². The zero-order valence-electron chi connectivity index (χ0n) is 31.4. The molecule has 6 rings (SSSR count). The van der Waals surface area contributed by atoms with E-state index in [0.29, 0.717) is 0 Å². The van der Waals surface area contributed by atoms with Gasteiger partial charge < -0.3 is 92.6 Å². The van der Waals surface area contributed by atoms with Crippen molar-refractivity contribution in [2.24, 2.45) is 23.7 Å². The summed E-state index contributed by atoms with van der Waals surface area (Å²) < 4.78 is 69.3. The Hall–Kier alpha value is -2.58. The first-order chi connectivity index (χ1) is 26.8. The predicted molar refractivity (Wildman–Crippen MR) is 177 cm³/mol.